The van der Waals surface area contributed by atoms with E-state index in [1.165, 1.54) is 12.1 Å². The van der Waals surface area contributed by atoms with Gasteiger partial charge >= 0.3 is 0 Å². The van der Waals surface area contributed by atoms with Gasteiger partial charge in [0.05, 0.1) is 12.5 Å². The predicted octanol–water partition coefficient (Wildman–Crippen LogP) is -1.04. The number of hydrogen-bond acceptors (Lipinski definition) is 5. The lowest BCUT2D eigenvalue weighted by molar-refractivity contribution is -0.126. The molecule has 0 fully saturated rings. The van der Waals surface area contributed by atoms with Crippen molar-refractivity contribution in [2.45, 2.75) is 18.9 Å². The molecule has 1 aromatic rings. The van der Waals surface area contributed by atoms with Crippen LogP contribution in [0.1, 0.15) is 12.0 Å². The molecule has 0 aliphatic rings. The molecule has 1 atom stereocenters. The lowest BCUT2D eigenvalue weighted by atomic mass is 10.1. The molecule has 0 saturated carbocycles. The Kier molecular flexibility index (Phi) is 5.13. The van der Waals surface area contributed by atoms with E-state index in [9.17, 15) is 14.7 Å². The van der Waals surface area contributed by atoms with Crippen LogP contribution in [0.15, 0.2) is 18.2 Å². The average molecular weight is 267 g/mol. The summed E-state index contributed by atoms with van der Waals surface area (Å²) in [6.07, 6.45) is 0.164. The number of primary amides is 1. The van der Waals surface area contributed by atoms with E-state index < -0.39 is 17.9 Å². The standard InChI is InChI=1S/C12H17N3O4/c13-9(6-11(14)18)12(19)15-4-3-7-1-2-8(16)5-10(7)17/h1-2,5,9,16-17H,3-4,6,13H2,(H2,14,18)(H,15,19)/t9-/m1/s1. The molecule has 7 nitrogen and oxygen atoms in total. The maximum absolute atomic E-state index is 11.5. The monoisotopic (exact) mass is 267 g/mol. The molecule has 7 heteroatoms. The average Bonchev–Trinajstić information content (AvgIpc) is 2.30. The Morgan fingerprint density at radius 2 is 2.00 bits per heavy atom. The summed E-state index contributed by atoms with van der Waals surface area (Å²) >= 11 is 0. The fourth-order valence-corrected chi connectivity index (χ4v) is 1.52. The number of carbonyl (C=O) groups excluding carboxylic acids is 2. The number of aromatic hydroxyl groups is 2. The Bertz CT molecular complexity index is 476. The van der Waals surface area contributed by atoms with Gasteiger partial charge in [-0.05, 0) is 18.1 Å². The summed E-state index contributed by atoms with van der Waals surface area (Å²) in [5.41, 5.74) is 11.0. The molecule has 0 aliphatic heterocycles. The van der Waals surface area contributed by atoms with Gasteiger partial charge in [-0.1, -0.05) is 6.07 Å². The summed E-state index contributed by atoms with van der Waals surface area (Å²) in [5.74, 6) is -1.19. The summed E-state index contributed by atoms with van der Waals surface area (Å²) in [6, 6.07) is 3.25. The van der Waals surface area contributed by atoms with Crippen LogP contribution in [0, 0.1) is 0 Å². The third-order valence-corrected chi connectivity index (χ3v) is 2.52. The van der Waals surface area contributed by atoms with E-state index in [1.54, 1.807) is 6.07 Å². The Balaban J connectivity index is 2.41. The maximum Gasteiger partial charge on any atom is 0.237 e. The van der Waals surface area contributed by atoms with Crippen LogP contribution < -0.4 is 16.8 Å². The number of benzene rings is 1. The molecule has 2 amide bonds. The number of hydrogen-bond donors (Lipinski definition) is 5. The van der Waals surface area contributed by atoms with Gasteiger partial charge in [0.1, 0.15) is 11.5 Å². The highest BCUT2D eigenvalue weighted by Crippen LogP contribution is 2.22. The molecule has 19 heavy (non-hydrogen) atoms. The van der Waals surface area contributed by atoms with Gasteiger partial charge in [-0.15, -0.1) is 0 Å². The van der Waals surface area contributed by atoms with Crippen molar-refractivity contribution in [3.8, 4) is 11.5 Å². The Morgan fingerprint density at radius 3 is 2.58 bits per heavy atom. The van der Waals surface area contributed by atoms with Crippen molar-refractivity contribution in [1.82, 2.24) is 5.32 Å². The van der Waals surface area contributed by atoms with Crippen LogP contribution in [0.4, 0.5) is 0 Å². The molecular weight excluding hydrogens is 250 g/mol. The fourth-order valence-electron chi connectivity index (χ4n) is 1.52. The highest BCUT2D eigenvalue weighted by atomic mass is 16.3. The molecule has 1 aromatic carbocycles. The van der Waals surface area contributed by atoms with E-state index in [2.05, 4.69) is 5.32 Å². The quantitative estimate of drug-likeness (QED) is 0.448. The molecule has 0 aliphatic carbocycles. The van der Waals surface area contributed by atoms with Gasteiger partial charge in [-0.25, -0.2) is 0 Å². The first-order valence-electron chi connectivity index (χ1n) is 5.72. The number of phenolic OH excluding ortho intramolecular Hbond substituents is 2. The second-order valence-corrected chi connectivity index (χ2v) is 4.13. The minimum atomic E-state index is -0.967. The Morgan fingerprint density at radius 1 is 1.32 bits per heavy atom. The van der Waals surface area contributed by atoms with Crippen LogP contribution in [-0.4, -0.2) is 34.6 Å². The number of amides is 2. The van der Waals surface area contributed by atoms with Gasteiger partial charge < -0.3 is 27.0 Å². The lowest BCUT2D eigenvalue weighted by Crippen LogP contribution is -2.43. The second-order valence-electron chi connectivity index (χ2n) is 4.13. The summed E-state index contributed by atoms with van der Waals surface area (Å²) in [5, 5.41) is 21.2. The highest BCUT2D eigenvalue weighted by Gasteiger charge is 2.15. The summed E-state index contributed by atoms with van der Waals surface area (Å²) in [6.45, 7) is 0.254. The van der Waals surface area contributed by atoms with E-state index in [0.717, 1.165) is 0 Å². The van der Waals surface area contributed by atoms with Crippen LogP contribution in [0.25, 0.3) is 0 Å². The van der Waals surface area contributed by atoms with Crippen molar-refractivity contribution >= 4 is 11.8 Å². The highest BCUT2D eigenvalue weighted by molar-refractivity contribution is 5.87. The first-order valence-corrected chi connectivity index (χ1v) is 5.72. The summed E-state index contributed by atoms with van der Waals surface area (Å²) in [7, 11) is 0. The molecular formula is C12H17N3O4. The number of rotatable bonds is 6. The smallest absolute Gasteiger partial charge is 0.237 e. The van der Waals surface area contributed by atoms with Crippen molar-refractivity contribution in [2.24, 2.45) is 11.5 Å². The fraction of sp³-hybridized carbons (Fsp3) is 0.333. The molecule has 7 N–H and O–H groups in total. The van der Waals surface area contributed by atoms with Gasteiger partial charge in [0.2, 0.25) is 11.8 Å². The second kappa shape index (κ2) is 6.60. The van der Waals surface area contributed by atoms with Crippen LogP contribution in [0.2, 0.25) is 0 Å². The first kappa shape index (κ1) is 14.8. The van der Waals surface area contributed by atoms with E-state index >= 15 is 0 Å². The third-order valence-electron chi connectivity index (χ3n) is 2.52. The molecule has 0 heterocycles. The molecule has 0 radical (unpaired) electrons. The normalized spacial score (nSPS) is 11.8. The minimum Gasteiger partial charge on any atom is -0.508 e. The van der Waals surface area contributed by atoms with Gasteiger partial charge in [0, 0.05) is 12.6 Å². The maximum atomic E-state index is 11.5. The zero-order chi connectivity index (χ0) is 14.4. The Hall–Kier alpha value is -2.28. The van der Waals surface area contributed by atoms with E-state index in [1.807, 2.05) is 0 Å². The molecule has 0 unspecified atom stereocenters. The van der Waals surface area contributed by atoms with Crippen molar-refractivity contribution in [3.63, 3.8) is 0 Å². The van der Waals surface area contributed by atoms with E-state index in [4.69, 9.17) is 16.6 Å². The number of nitrogens with two attached hydrogens (primary N) is 2. The summed E-state index contributed by atoms with van der Waals surface area (Å²) < 4.78 is 0. The lowest BCUT2D eigenvalue weighted by Gasteiger charge is -2.11. The van der Waals surface area contributed by atoms with Gasteiger partial charge in [0.15, 0.2) is 0 Å². The van der Waals surface area contributed by atoms with Crippen molar-refractivity contribution in [3.05, 3.63) is 23.8 Å². The van der Waals surface area contributed by atoms with Crippen molar-refractivity contribution < 1.29 is 19.8 Å². The molecule has 0 aromatic heterocycles. The zero-order valence-corrected chi connectivity index (χ0v) is 10.3. The van der Waals surface area contributed by atoms with Crippen LogP contribution >= 0.6 is 0 Å². The predicted molar refractivity (Wildman–Crippen MR) is 68.3 cm³/mol. The van der Waals surface area contributed by atoms with Gasteiger partial charge in [-0.2, -0.15) is 0 Å². The van der Waals surface area contributed by atoms with Crippen LogP contribution in [-0.2, 0) is 16.0 Å². The van der Waals surface area contributed by atoms with Crippen molar-refractivity contribution in [2.75, 3.05) is 6.54 Å². The largest absolute Gasteiger partial charge is 0.508 e. The van der Waals surface area contributed by atoms with Crippen molar-refractivity contribution in [1.29, 1.82) is 0 Å². The molecule has 0 spiro atoms. The first-order chi connectivity index (χ1) is 8.90. The van der Waals surface area contributed by atoms with Crippen LogP contribution in [0.5, 0.6) is 11.5 Å². The number of carbonyl (C=O) groups is 2. The SMILES string of the molecule is NC(=O)C[C@@H](N)C(=O)NCCc1ccc(O)cc1O. The number of nitrogens with one attached hydrogen (secondary N) is 1. The van der Waals surface area contributed by atoms with E-state index in [-0.39, 0.29) is 24.5 Å². The molecule has 0 bridgehead atoms. The Labute approximate surface area is 110 Å². The van der Waals surface area contributed by atoms with E-state index in [0.29, 0.717) is 12.0 Å². The van der Waals surface area contributed by atoms with Crippen LogP contribution in [0.3, 0.4) is 0 Å². The third kappa shape index (κ3) is 4.84. The van der Waals surface area contributed by atoms with Gasteiger partial charge in [-0.3, -0.25) is 9.59 Å². The molecule has 104 valence electrons. The zero-order valence-electron chi connectivity index (χ0n) is 10.3. The topological polar surface area (TPSA) is 139 Å². The minimum absolute atomic E-state index is 0.0336. The van der Waals surface area contributed by atoms with Gasteiger partial charge in [0.25, 0.3) is 0 Å². The number of phenols is 2. The molecule has 0 saturated heterocycles. The molecule has 1 rings (SSSR count). The summed E-state index contributed by atoms with van der Waals surface area (Å²) in [4.78, 5) is 22.1.